The Hall–Kier alpha value is -0.880. The van der Waals surface area contributed by atoms with Crippen LogP contribution in [0.1, 0.15) is 32.6 Å². The van der Waals surface area contributed by atoms with E-state index in [9.17, 15) is 4.79 Å². The lowest BCUT2D eigenvalue weighted by molar-refractivity contribution is -0.131. The van der Waals surface area contributed by atoms with Crippen LogP contribution in [0.25, 0.3) is 0 Å². The number of carbonyl (C=O) groups excluding carboxylic acids is 1. The third kappa shape index (κ3) is 6.73. The van der Waals surface area contributed by atoms with Crippen molar-refractivity contribution in [3.8, 4) is 0 Å². The third-order valence-electron chi connectivity index (χ3n) is 3.13. The smallest absolute Gasteiger partial charge is 0.224 e. The molecule has 5 nitrogen and oxygen atoms in total. The fourth-order valence-corrected chi connectivity index (χ4v) is 2.45. The Kier molecular flexibility index (Phi) is 7.74. The van der Waals surface area contributed by atoms with Crippen molar-refractivity contribution in [3.63, 3.8) is 0 Å². The SMILES string of the molecule is COCC(C)NC(=S)NCCC(=O)N1CCCCC1. The molecule has 1 saturated heterocycles. The van der Waals surface area contributed by atoms with Crippen LogP contribution in [-0.2, 0) is 9.53 Å². The summed E-state index contributed by atoms with van der Waals surface area (Å²) >= 11 is 5.15. The Morgan fingerprint density at radius 1 is 1.37 bits per heavy atom. The van der Waals surface area contributed by atoms with E-state index in [1.54, 1.807) is 7.11 Å². The van der Waals surface area contributed by atoms with Crippen LogP contribution in [0.5, 0.6) is 0 Å². The van der Waals surface area contributed by atoms with E-state index in [4.69, 9.17) is 17.0 Å². The number of hydrogen-bond acceptors (Lipinski definition) is 3. The minimum Gasteiger partial charge on any atom is -0.383 e. The van der Waals surface area contributed by atoms with Crippen molar-refractivity contribution in [1.29, 1.82) is 0 Å². The average molecular weight is 287 g/mol. The second-order valence-corrected chi connectivity index (χ2v) is 5.36. The highest BCUT2D eigenvalue weighted by molar-refractivity contribution is 7.80. The van der Waals surface area contributed by atoms with Crippen molar-refractivity contribution >= 4 is 23.2 Å². The molecule has 19 heavy (non-hydrogen) atoms. The highest BCUT2D eigenvalue weighted by Gasteiger charge is 2.15. The summed E-state index contributed by atoms with van der Waals surface area (Å²) in [5.74, 6) is 0.222. The molecule has 0 spiro atoms. The van der Waals surface area contributed by atoms with Gasteiger partial charge in [-0.2, -0.15) is 0 Å². The van der Waals surface area contributed by atoms with Gasteiger partial charge in [0.05, 0.1) is 6.61 Å². The zero-order valence-corrected chi connectivity index (χ0v) is 12.7. The van der Waals surface area contributed by atoms with Crippen molar-refractivity contribution < 1.29 is 9.53 Å². The first-order chi connectivity index (χ1) is 9.13. The maximum absolute atomic E-state index is 11.9. The van der Waals surface area contributed by atoms with E-state index in [1.165, 1.54) is 6.42 Å². The van der Waals surface area contributed by atoms with Crippen LogP contribution in [-0.4, -0.2) is 55.3 Å². The molecule has 0 aliphatic carbocycles. The van der Waals surface area contributed by atoms with Crippen molar-refractivity contribution in [2.75, 3.05) is 33.4 Å². The second-order valence-electron chi connectivity index (χ2n) is 4.95. The van der Waals surface area contributed by atoms with Crippen molar-refractivity contribution in [1.82, 2.24) is 15.5 Å². The quantitative estimate of drug-likeness (QED) is 0.711. The summed E-state index contributed by atoms with van der Waals surface area (Å²) in [6.45, 7) is 5.00. The van der Waals surface area contributed by atoms with Gasteiger partial charge in [-0.25, -0.2) is 0 Å². The summed E-state index contributed by atoms with van der Waals surface area (Å²) in [6, 6.07) is 0.169. The van der Waals surface area contributed by atoms with Gasteiger partial charge in [0.2, 0.25) is 5.91 Å². The van der Waals surface area contributed by atoms with Gasteiger partial charge in [-0.1, -0.05) is 0 Å². The Balaban J connectivity index is 2.11. The molecule has 6 heteroatoms. The number of likely N-dealkylation sites (tertiary alicyclic amines) is 1. The summed E-state index contributed by atoms with van der Waals surface area (Å²) < 4.78 is 5.02. The van der Waals surface area contributed by atoms with Gasteiger partial charge in [0.15, 0.2) is 5.11 Å². The maximum Gasteiger partial charge on any atom is 0.224 e. The summed E-state index contributed by atoms with van der Waals surface area (Å²) in [5.41, 5.74) is 0. The maximum atomic E-state index is 11.9. The van der Waals surface area contributed by atoms with E-state index in [0.29, 0.717) is 24.7 Å². The second kappa shape index (κ2) is 9.09. The first-order valence-electron chi connectivity index (χ1n) is 6.94. The molecule has 1 heterocycles. The molecule has 1 unspecified atom stereocenters. The molecule has 110 valence electrons. The molecular weight excluding hydrogens is 262 g/mol. The highest BCUT2D eigenvalue weighted by atomic mass is 32.1. The summed E-state index contributed by atoms with van der Waals surface area (Å²) in [4.78, 5) is 13.9. The lowest BCUT2D eigenvalue weighted by Crippen LogP contribution is -2.44. The molecule has 0 bridgehead atoms. The molecule has 1 rings (SSSR count). The Morgan fingerprint density at radius 3 is 2.68 bits per heavy atom. The number of nitrogens with one attached hydrogen (secondary N) is 2. The van der Waals surface area contributed by atoms with E-state index < -0.39 is 0 Å². The molecule has 2 N–H and O–H groups in total. The van der Waals surface area contributed by atoms with E-state index >= 15 is 0 Å². The standard InChI is InChI=1S/C13H25N3O2S/c1-11(10-18-2)15-13(19)14-7-6-12(17)16-8-4-3-5-9-16/h11H,3-10H2,1-2H3,(H2,14,15,19). The lowest BCUT2D eigenvalue weighted by atomic mass is 10.1. The molecule has 1 atom stereocenters. The Bertz CT molecular complexity index is 294. The summed E-state index contributed by atoms with van der Waals surface area (Å²) in [6.07, 6.45) is 4.01. The predicted octanol–water partition coefficient (Wildman–Crippen LogP) is 0.888. The lowest BCUT2D eigenvalue weighted by Gasteiger charge is -2.26. The Morgan fingerprint density at radius 2 is 2.05 bits per heavy atom. The molecular formula is C13H25N3O2S. The first kappa shape index (κ1) is 16.2. The van der Waals surface area contributed by atoms with Crippen LogP contribution in [0, 0.1) is 0 Å². The Labute approximate surface area is 121 Å². The number of piperidine rings is 1. The molecule has 0 radical (unpaired) electrons. The van der Waals surface area contributed by atoms with Gasteiger partial charge >= 0.3 is 0 Å². The normalized spacial score (nSPS) is 16.8. The zero-order chi connectivity index (χ0) is 14.1. The van der Waals surface area contributed by atoms with Crippen LogP contribution in [0.15, 0.2) is 0 Å². The van der Waals surface area contributed by atoms with E-state index in [1.807, 2.05) is 11.8 Å². The minimum atomic E-state index is 0.169. The molecule has 1 aliphatic rings. The van der Waals surface area contributed by atoms with Gasteiger partial charge in [0.25, 0.3) is 0 Å². The largest absolute Gasteiger partial charge is 0.383 e. The molecule has 0 saturated carbocycles. The number of rotatable bonds is 6. The van der Waals surface area contributed by atoms with Crippen LogP contribution in [0.2, 0.25) is 0 Å². The van der Waals surface area contributed by atoms with Gasteiger partial charge in [-0.3, -0.25) is 4.79 Å². The fourth-order valence-electron chi connectivity index (χ4n) is 2.15. The fraction of sp³-hybridized carbons (Fsp3) is 0.846. The monoisotopic (exact) mass is 287 g/mol. The van der Waals surface area contributed by atoms with Gasteiger partial charge < -0.3 is 20.3 Å². The molecule has 0 aromatic heterocycles. The van der Waals surface area contributed by atoms with Gasteiger partial charge in [-0.05, 0) is 38.4 Å². The van der Waals surface area contributed by atoms with Crippen LogP contribution in [0.3, 0.4) is 0 Å². The third-order valence-corrected chi connectivity index (χ3v) is 3.39. The van der Waals surface area contributed by atoms with E-state index in [2.05, 4.69) is 10.6 Å². The molecule has 0 aromatic rings. The van der Waals surface area contributed by atoms with Gasteiger partial charge in [-0.15, -0.1) is 0 Å². The number of nitrogens with zero attached hydrogens (tertiary/aromatic N) is 1. The number of methoxy groups -OCH3 is 1. The number of hydrogen-bond donors (Lipinski definition) is 2. The van der Waals surface area contributed by atoms with E-state index in [0.717, 1.165) is 25.9 Å². The summed E-state index contributed by atoms with van der Waals surface area (Å²) in [7, 11) is 1.66. The van der Waals surface area contributed by atoms with Crippen molar-refractivity contribution in [3.05, 3.63) is 0 Å². The first-order valence-corrected chi connectivity index (χ1v) is 7.35. The molecule has 1 amide bonds. The zero-order valence-electron chi connectivity index (χ0n) is 11.9. The number of thiocarbonyl (C=S) groups is 1. The average Bonchev–Trinajstić information content (AvgIpc) is 2.39. The van der Waals surface area contributed by atoms with Crippen LogP contribution in [0.4, 0.5) is 0 Å². The van der Waals surface area contributed by atoms with Crippen LogP contribution < -0.4 is 10.6 Å². The highest BCUT2D eigenvalue weighted by Crippen LogP contribution is 2.09. The van der Waals surface area contributed by atoms with Crippen molar-refractivity contribution in [2.24, 2.45) is 0 Å². The summed E-state index contributed by atoms with van der Waals surface area (Å²) in [5, 5.41) is 6.74. The van der Waals surface area contributed by atoms with Gasteiger partial charge in [0, 0.05) is 39.2 Å². The topological polar surface area (TPSA) is 53.6 Å². The molecule has 1 aliphatic heterocycles. The minimum absolute atomic E-state index is 0.169. The van der Waals surface area contributed by atoms with Crippen molar-refractivity contribution in [2.45, 2.75) is 38.6 Å². The molecule has 1 fully saturated rings. The number of ether oxygens (including phenoxy) is 1. The van der Waals surface area contributed by atoms with Gasteiger partial charge in [0.1, 0.15) is 0 Å². The molecule has 0 aromatic carbocycles. The predicted molar refractivity (Wildman–Crippen MR) is 80.1 cm³/mol. The van der Waals surface area contributed by atoms with Crippen LogP contribution >= 0.6 is 12.2 Å². The van der Waals surface area contributed by atoms with E-state index in [-0.39, 0.29) is 11.9 Å². The number of amides is 1. The number of carbonyl (C=O) groups is 1.